The van der Waals surface area contributed by atoms with Crippen LogP contribution in [-0.2, 0) is 16.1 Å². The van der Waals surface area contributed by atoms with Crippen LogP contribution in [0.4, 0.5) is 5.69 Å². The highest BCUT2D eigenvalue weighted by atomic mass is 16.5. The van der Waals surface area contributed by atoms with Gasteiger partial charge in [-0.25, -0.2) is 0 Å². The molecule has 0 heterocycles. The lowest BCUT2D eigenvalue weighted by molar-refractivity contribution is -0.133. The minimum atomic E-state index is -0.138. The van der Waals surface area contributed by atoms with Crippen molar-refractivity contribution in [3.63, 3.8) is 0 Å². The van der Waals surface area contributed by atoms with Crippen molar-refractivity contribution in [2.24, 2.45) is 0 Å². The second-order valence-electron chi connectivity index (χ2n) is 5.51. The summed E-state index contributed by atoms with van der Waals surface area (Å²) in [5, 5.41) is 0. The van der Waals surface area contributed by atoms with E-state index in [1.54, 1.807) is 19.1 Å². The maximum atomic E-state index is 12.5. The van der Waals surface area contributed by atoms with Crippen LogP contribution in [0.15, 0.2) is 54.6 Å². The summed E-state index contributed by atoms with van der Waals surface area (Å²) in [6.07, 6.45) is 0. The molecule has 0 bridgehead atoms. The number of benzene rings is 2. The van der Waals surface area contributed by atoms with E-state index in [1.807, 2.05) is 54.6 Å². The first kappa shape index (κ1) is 17.5. The van der Waals surface area contributed by atoms with Crippen molar-refractivity contribution in [1.29, 1.82) is 0 Å². The Labute approximate surface area is 142 Å². The summed E-state index contributed by atoms with van der Waals surface area (Å²) in [4.78, 5) is 27.4. The molecule has 5 heteroatoms. The number of ether oxygens (including phenoxy) is 1. The Kier molecular flexibility index (Phi) is 5.95. The molecule has 0 spiro atoms. The van der Waals surface area contributed by atoms with E-state index in [0.717, 1.165) is 17.0 Å². The molecule has 2 amide bonds. The Balaban J connectivity index is 2.04. The van der Waals surface area contributed by atoms with Gasteiger partial charge in [-0.05, 0) is 29.8 Å². The van der Waals surface area contributed by atoms with E-state index in [4.69, 9.17) is 4.74 Å². The minimum Gasteiger partial charge on any atom is -0.497 e. The monoisotopic (exact) mass is 326 g/mol. The van der Waals surface area contributed by atoms with E-state index in [9.17, 15) is 9.59 Å². The van der Waals surface area contributed by atoms with Crippen LogP contribution in [0.1, 0.15) is 12.5 Å². The first-order valence-electron chi connectivity index (χ1n) is 7.71. The van der Waals surface area contributed by atoms with Crippen LogP contribution in [0.25, 0.3) is 0 Å². The van der Waals surface area contributed by atoms with E-state index in [1.165, 1.54) is 11.8 Å². The quantitative estimate of drug-likeness (QED) is 0.820. The average Bonchev–Trinajstić information content (AvgIpc) is 2.61. The van der Waals surface area contributed by atoms with Gasteiger partial charge in [0.15, 0.2) is 0 Å². The Morgan fingerprint density at radius 3 is 2.17 bits per heavy atom. The summed E-state index contributed by atoms with van der Waals surface area (Å²) in [5.41, 5.74) is 1.75. The largest absolute Gasteiger partial charge is 0.497 e. The van der Waals surface area contributed by atoms with Crippen LogP contribution in [-0.4, -0.2) is 37.4 Å². The number of hydrogen-bond acceptors (Lipinski definition) is 3. The topological polar surface area (TPSA) is 49.9 Å². The van der Waals surface area contributed by atoms with Gasteiger partial charge in [0.1, 0.15) is 12.3 Å². The lowest BCUT2D eigenvalue weighted by Gasteiger charge is -2.24. The van der Waals surface area contributed by atoms with Crippen LogP contribution in [0.3, 0.4) is 0 Å². The van der Waals surface area contributed by atoms with Crippen LogP contribution >= 0.6 is 0 Å². The first-order chi connectivity index (χ1) is 11.5. The third kappa shape index (κ3) is 4.59. The molecule has 0 aliphatic heterocycles. The number of carbonyl (C=O) groups is 2. The van der Waals surface area contributed by atoms with Gasteiger partial charge < -0.3 is 14.5 Å². The number of nitrogens with zero attached hydrogens (tertiary/aromatic N) is 2. The van der Waals surface area contributed by atoms with Gasteiger partial charge in [-0.15, -0.1) is 0 Å². The zero-order chi connectivity index (χ0) is 17.5. The number of amides is 2. The number of carbonyl (C=O) groups excluding carboxylic acids is 2. The normalized spacial score (nSPS) is 10.1. The summed E-state index contributed by atoms with van der Waals surface area (Å²) in [6.45, 7) is 1.89. The fourth-order valence-electron chi connectivity index (χ4n) is 2.29. The fraction of sp³-hybridized carbons (Fsp3) is 0.263. The molecule has 0 fully saturated rings. The molecule has 0 saturated carbocycles. The highest BCUT2D eigenvalue weighted by molar-refractivity contribution is 5.96. The van der Waals surface area contributed by atoms with Gasteiger partial charge in [0.25, 0.3) is 0 Å². The Morgan fingerprint density at radius 1 is 1.00 bits per heavy atom. The van der Waals surface area contributed by atoms with Gasteiger partial charge in [0.2, 0.25) is 11.8 Å². The van der Waals surface area contributed by atoms with Gasteiger partial charge in [0, 0.05) is 26.2 Å². The Morgan fingerprint density at radius 2 is 1.62 bits per heavy atom. The number of methoxy groups -OCH3 is 1. The zero-order valence-electron chi connectivity index (χ0n) is 14.2. The summed E-state index contributed by atoms with van der Waals surface area (Å²) < 4.78 is 5.13. The highest BCUT2D eigenvalue weighted by Gasteiger charge is 2.18. The first-order valence-corrected chi connectivity index (χ1v) is 7.71. The predicted molar refractivity (Wildman–Crippen MR) is 93.9 cm³/mol. The average molecular weight is 326 g/mol. The second kappa shape index (κ2) is 8.15. The molecule has 0 aliphatic carbocycles. The van der Waals surface area contributed by atoms with Crippen LogP contribution in [0, 0.1) is 0 Å². The van der Waals surface area contributed by atoms with Crippen molar-refractivity contribution in [2.45, 2.75) is 13.5 Å². The lowest BCUT2D eigenvalue weighted by atomic mass is 10.2. The van der Waals surface area contributed by atoms with E-state index >= 15 is 0 Å². The zero-order valence-corrected chi connectivity index (χ0v) is 14.2. The third-order valence-electron chi connectivity index (χ3n) is 3.82. The predicted octanol–water partition coefficient (Wildman–Crippen LogP) is 2.71. The van der Waals surface area contributed by atoms with E-state index in [2.05, 4.69) is 0 Å². The molecular weight excluding hydrogens is 304 g/mol. The van der Waals surface area contributed by atoms with Gasteiger partial charge in [-0.1, -0.05) is 30.3 Å². The number of likely N-dealkylation sites (N-methyl/N-ethyl adjacent to an activating group) is 1. The second-order valence-corrected chi connectivity index (χ2v) is 5.51. The maximum absolute atomic E-state index is 12.5. The van der Waals surface area contributed by atoms with Crippen molar-refractivity contribution < 1.29 is 14.3 Å². The molecule has 126 valence electrons. The fourth-order valence-corrected chi connectivity index (χ4v) is 2.29. The summed E-state index contributed by atoms with van der Waals surface area (Å²) in [5.74, 6) is 0.485. The molecule has 0 radical (unpaired) electrons. The highest BCUT2D eigenvalue weighted by Crippen LogP contribution is 2.15. The van der Waals surface area contributed by atoms with E-state index in [-0.39, 0.29) is 18.4 Å². The molecule has 2 rings (SSSR count). The summed E-state index contributed by atoms with van der Waals surface area (Å²) in [7, 11) is 3.32. The van der Waals surface area contributed by atoms with Crippen molar-refractivity contribution in [3.8, 4) is 5.75 Å². The van der Waals surface area contributed by atoms with Crippen LogP contribution < -0.4 is 9.64 Å². The molecule has 0 N–H and O–H groups in total. The Bertz CT molecular complexity index is 684. The SMILES string of the molecule is COc1ccc(CN(CC(=O)N(C)c2ccccc2)C(C)=O)cc1. The molecule has 2 aromatic rings. The smallest absolute Gasteiger partial charge is 0.246 e. The van der Waals surface area contributed by atoms with Crippen molar-refractivity contribution in [2.75, 3.05) is 25.6 Å². The van der Waals surface area contributed by atoms with E-state index < -0.39 is 0 Å². The molecule has 0 saturated heterocycles. The van der Waals surface area contributed by atoms with Gasteiger partial charge in [0.05, 0.1) is 7.11 Å². The Hall–Kier alpha value is -2.82. The molecule has 0 aromatic heterocycles. The molecule has 24 heavy (non-hydrogen) atoms. The van der Waals surface area contributed by atoms with Crippen molar-refractivity contribution in [1.82, 2.24) is 4.90 Å². The lowest BCUT2D eigenvalue weighted by Crippen LogP contribution is -2.40. The number of para-hydroxylation sites is 1. The van der Waals surface area contributed by atoms with Gasteiger partial charge in [-0.2, -0.15) is 0 Å². The standard InChI is InChI=1S/C19H22N2O3/c1-15(22)21(13-16-9-11-18(24-3)12-10-16)14-19(23)20(2)17-7-5-4-6-8-17/h4-12H,13-14H2,1-3H3. The molecule has 0 unspecified atom stereocenters. The van der Waals surface area contributed by atoms with Crippen LogP contribution in [0.5, 0.6) is 5.75 Å². The van der Waals surface area contributed by atoms with Gasteiger partial charge in [-0.3, -0.25) is 9.59 Å². The number of anilines is 1. The molecule has 0 aliphatic rings. The number of hydrogen-bond donors (Lipinski definition) is 0. The molecule has 2 aromatic carbocycles. The van der Waals surface area contributed by atoms with Crippen molar-refractivity contribution in [3.05, 3.63) is 60.2 Å². The summed E-state index contributed by atoms with van der Waals surface area (Å²) in [6, 6.07) is 16.8. The van der Waals surface area contributed by atoms with Crippen molar-refractivity contribution >= 4 is 17.5 Å². The van der Waals surface area contributed by atoms with Gasteiger partial charge >= 0.3 is 0 Å². The third-order valence-corrected chi connectivity index (χ3v) is 3.82. The molecular formula is C19H22N2O3. The maximum Gasteiger partial charge on any atom is 0.246 e. The molecule has 0 atom stereocenters. The molecule has 5 nitrogen and oxygen atoms in total. The number of rotatable bonds is 6. The van der Waals surface area contributed by atoms with Crippen LogP contribution in [0.2, 0.25) is 0 Å². The van der Waals surface area contributed by atoms with E-state index in [0.29, 0.717) is 6.54 Å². The minimum absolute atomic E-state index is 0.0345. The summed E-state index contributed by atoms with van der Waals surface area (Å²) >= 11 is 0.